The molecular weight excluding hydrogens is 361 g/mol. The third-order valence-electron chi connectivity index (χ3n) is 4.03. The summed E-state index contributed by atoms with van der Waals surface area (Å²) in [7, 11) is 1.81. The topological polar surface area (TPSA) is 46.1 Å². The Labute approximate surface area is 167 Å². The summed E-state index contributed by atoms with van der Waals surface area (Å²) in [6.45, 7) is 8.00. The fourth-order valence-electron chi connectivity index (χ4n) is 3.00. The van der Waals surface area contributed by atoms with Crippen molar-refractivity contribution in [1.29, 1.82) is 0 Å². The van der Waals surface area contributed by atoms with E-state index in [1.807, 2.05) is 83.3 Å². The fraction of sp³-hybridized carbons (Fsp3) is 0.286. The average molecular weight is 386 g/mol. The number of anilines is 1. The maximum Gasteiger partial charge on any atom is 0.240 e. The van der Waals surface area contributed by atoms with Crippen molar-refractivity contribution in [2.24, 2.45) is 0 Å². The van der Waals surface area contributed by atoms with E-state index < -0.39 is 0 Å². The van der Waals surface area contributed by atoms with Crippen LogP contribution in [0.4, 0.5) is 5.69 Å². The second-order valence-corrected chi connectivity index (χ2v) is 5.17. The van der Waals surface area contributed by atoms with Crippen molar-refractivity contribution in [3.63, 3.8) is 0 Å². The standard InChI is InChI=1S/C17H13N3O.2C2H6.V/c1-20-14-9-5-3-7-12(14)15(17(20)21)16-11-6-2-4-8-13(11)18-10-19-16;2*1-2;/h2-10,15H,1H3;2*1-2H3;. The number of aromatic nitrogens is 2. The monoisotopic (exact) mass is 386 g/mol. The first-order chi connectivity index (χ1) is 12.3. The Hall–Kier alpha value is -2.17. The van der Waals surface area contributed by atoms with E-state index in [1.54, 1.807) is 4.90 Å². The molecule has 1 aliphatic rings. The molecule has 1 unspecified atom stereocenters. The molecule has 4 rings (SSSR count). The van der Waals surface area contributed by atoms with Crippen LogP contribution in [0.15, 0.2) is 54.9 Å². The van der Waals surface area contributed by atoms with Crippen LogP contribution < -0.4 is 4.90 Å². The van der Waals surface area contributed by atoms with E-state index in [-0.39, 0.29) is 30.4 Å². The summed E-state index contributed by atoms with van der Waals surface area (Å²) in [4.78, 5) is 23.1. The molecule has 0 fully saturated rings. The summed E-state index contributed by atoms with van der Waals surface area (Å²) in [6, 6.07) is 15.7. The number of benzene rings is 2. The number of carbonyl (C=O) groups excluding carboxylic acids is 1. The molecule has 0 aliphatic carbocycles. The van der Waals surface area contributed by atoms with Gasteiger partial charge in [0.2, 0.25) is 5.91 Å². The van der Waals surface area contributed by atoms with Crippen molar-refractivity contribution >= 4 is 22.5 Å². The van der Waals surface area contributed by atoms with Crippen LogP contribution in [-0.4, -0.2) is 22.9 Å². The first-order valence-corrected chi connectivity index (χ1v) is 8.83. The predicted octanol–water partition coefficient (Wildman–Crippen LogP) is 4.79. The summed E-state index contributed by atoms with van der Waals surface area (Å²) in [5.41, 5.74) is 3.61. The molecule has 2 heterocycles. The molecule has 4 nitrogen and oxygen atoms in total. The maximum atomic E-state index is 12.7. The average Bonchev–Trinajstić information content (AvgIpc) is 2.95. The van der Waals surface area contributed by atoms with Gasteiger partial charge in [0, 0.05) is 36.7 Å². The normalized spacial score (nSPS) is 14.4. The number of likely N-dealkylation sites (N-methyl/N-ethyl adjacent to an activating group) is 1. The Balaban J connectivity index is 0.000000635. The minimum Gasteiger partial charge on any atom is -0.314 e. The van der Waals surface area contributed by atoms with Crippen molar-refractivity contribution in [2.45, 2.75) is 33.6 Å². The van der Waals surface area contributed by atoms with E-state index in [2.05, 4.69) is 9.97 Å². The molecular formula is C21H25N3OV. The Kier molecular flexibility index (Phi) is 8.50. The summed E-state index contributed by atoms with van der Waals surface area (Å²) >= 11 is 0. The van der Waals surface area contributed by atoms with Gasteiger partial charge in [0.15, 0.2) is 0 Å². The number of hydrogen-bond donors (Lipinski definition) is 0. The molecule has 1 atom stereocenters. The van der Waals surface area contributed by atoms with Crippen molar-refractivity contribution in [1.82, 2.24) is 9.97 Å². The van der Waals surface area contributed by atoms with Crippen molar-refractivity contribution in [2.75, 3.05) is 11.9 Å². The summed E-state index contributed by atoms with van der Waals surface area (Å²) < 4.78 is 0. The van der Waals surface area contributed by atoms with E-state index in [1.165, 1.54) is 6.33 Å². The quantitative estimate of drug-likeness (QED) is 0.604. The molecule has 5 heteroatoms. The number of carbonyl (C=O) groups is 1. The molecule has 0 N–H and O–H groups in total. The zero-order valence-corrected chi connectivity index (χ0v) is 17.4. The Morgan fingerprint density at radius 3 is 2.23 bits per heavy atom. The van der Waals surface area contributed by atoms with Gasteiger partial charge in [-0.05, 0) is 17.7 Å². The van der Waals surface area contributed by atoms with Gasteiger partial charge < -0.3 is 4.90 Å². The molecule has 1 radical (unpaired) electrons. The Morgan fingerprint density at radius 2 is 1.50 bits per heavy atom. The van der Waals surface area contributed by atoms with Gasteiger partial charge in [-0.25, -0.2) is 9.97 Å². The summed E-state index contributed by atoms with van der Waals surface area (Å²) in [5.74, 6) is -0.292. The number of fused-ring (bicyclic) bond motifs is 2. The van der Waals surface area contributed by atoms with Crippen LogP contribution in [0.5, 0.6) is 0 Å². The van der Waals surface area contributed by atoms with Crippen LogP contribution >= 0.6 is 0 Å². The number of para-hydroxylation sites is 2. The number of rotatable bonds is 1. The molecule has 2 aromatic carbocycles. The number of hydrogen-bond acceptors (Lipinski definition) is 3. The van der Waals surface area contributed by atoms with Crippen molar-refractivity contribution < 1.29 is 23.4 Å². The summed E-state index contributed by atoms with van der Waals surface area (Å²) in [5, 5.41) is 0.934. The van der Waals surface area contributed by atoms with E-state index in [4.69, 9.17) is 0 Å². The van der Waals surface area contributed by atoms with Gasteiger partial charge in [-0.1, -0.05) is 64.1 Å². The van der Waals surface area contributed by atoms with Gasteiger partial charge in [-0.3, -0.25) is 4.79 Å². The summed E-state index contributed by atoms with van der Waals surface area (Å²) in [6.07, 6.45) is 1.53. The van der Waals surface area contributed by atoms with Gasteiger partial charge >= 0.3 is 0 Å². The first kappa shape index (κ1) is 21.9. The largest absolute Gasteiger partial charge is 0.314 e. The predicted molar refractivity (Wildman–Crippen MR) is 104 cm³/mol. The van der Waals surface area contributed by atoms with Gasteiger partial charge in [0.05, 0.1) is 11.2 Å². The van der Waals surface area contributed by atoms with E-state index in [0.29, 0.717) is 0 Å². The van der Waals surface area contributed by atoms with Crippen LogP contribution in [-0.2, 0) is 23.4 Å². The molecule has 1 aromatic heterocycles. The Bertz CT molecular complexity index is 861. The third kappa shape index (κ3) is 3.82. The minimum atomic E-state index is -0.348. The van der Waals surface area contributed by atoms with Crippen LogP contribution in [0.25, 0.3) is 10.9 Å². The third-order valence-corrected chi connectivity index (χ3v) is 4.03. The van der Waals surface area contributed by atoms with Gasteiger partial charge in [0.1, 0.15) is 12.2 Å². The van der Waals surface area contributed by atoms with Gasteiger partial charge in [-0.2, -0.15) is 0 Å². The van der Waals surface area contributed by atoms with Crippen molar-refractivity contribution in [3.8, 4) is 0 Å². The molecule has 3 aromatic rings. The zero-order chi connectivity index (χ0) is 18.4. The molecule has 0 spiro atoms. The number of amides is 1. The molecule has 135 valence electrons. The van der Waals surface area contributed by atoms with Crippen LogP contribution in [0.2, 0.25) is 0 Å². The van der Waals surface area contributed by atoms with Gasteiger partial charge in [-0.15, -0.1) is 0 Å². The SMILES string of the molecule is CC.CC.CN1C(=O)C(c2ncnc3ccccc23)c2ccccc21.[V]. The second-order valence-electron chi connectivity index (χ2n) is 5.17. The van der Waals surface area contributed by atoms with Crippen molar-refractivity contribution in [3.05, 3.63) is 66.1 Å². The molecule has 1 amide bonds. The fourth-order valence-corrected chi connectivity index (χ4v) is 3.00. The van der Waals surface area contributed by atoms with Crippen LogP contribution in [0.1, 0.15) is 44.9 Å². The van der Waals surface area contributed by atoms with E-state index >= 15 is 0 Å². The van der Waals surface area contributed by atoms with Crippen LogP contribution in [0, 0.1) is 0 Å². The maximum absolute atomic E-state index is 12.7. The molecule has 1 aliphatic heterocycles. The zero-order valence-electron chi connectivity index (χ0n) is 16.0. The second kappa shape index (κ2) is 10.1. The van der Waals surface area contributed by atoms with E-state index in [9.17, 15) is 4.79 Å². The molecule has 0 saturated heterocycles. The smallest absolute Gasteiger partial charge is 0.240 e. The number of nitrogens with zero attached hydrogens (tertiary/aromatic N) is 3. The molecule has 0 bridgehead atoms. The van der Waals surface area contributed by atoms with E-state index in [0.717, 1.165) is 27.8 Å². The van der Waals surface area contributed by atoms with Crippen LogP contribution in [0.3, 0.4) is 0 Å². The van der Waals surface area contributed by atoms with Gasteiger partial charge in [0.25, 0.3) is 0 Å². The minimum absolute atomic E-state index is 0. The Morgan fingerprint density at radius 1 is 0.885 bits per heavy atom. The first-order valence-electron chi connectivity index (χ1n) is 8.83. The molecule has 0 saturated carbocycles. The molecule has 26 heavy (non-hydrogen) atoms.